The van der Waals surface area contributed by atoms with Crippen LogP contribution in [0.4, 0.5) is 5.69 Å². The molecular weight excluding hydrogens is 458 g/mol. The minimum atomic E-state index is -0.145. The van der Waals surface area contributed by atoms with Crippen LogP contribution in [0.15, 0.2) is 54.6 Å². The molecule has 0 unspecified atom stereocenters. The SMILES string of the molecule is COc1c(O)ccc2c1-c1ccc3c(c1/C(=C/c1ccc(C4CCCCC4)cc1)O2)C(C)=CC(C)(C)N3. The van der Waals surface area contributed by atoms with Crippen LogP contribution >= 0.6 is 0 Å². The quantitative estimate of drug-likeness (QED) is 0.383. The first kappa shape index (κ1) is 23.7. The van der Waals surface area contributed by atoms with Gasteiger partial charge >= 0.3 is 0 Å². The molecule has 0 bridgehead atoms. The van der Waals surface area contributed by atoms with E-state index in [1.807, 2.05) is 6.07 Å². The van der Waals surface area contributed by atoms with Gasteiger partial charge in [-0.15, -0.1) is 0 Å². The summed E-state index contributed by atoms with van der Waals surface area (Å²) >= 11 is 0. The van der Waals surface area contributed by atoms with Crippen LogP contribution in [0.3, 0.4) is 0 Å². The number of nitrogens with one attached hydrogen (secondary N) is 1. The summed E-state index contributed by atoms with van der Waals surface area (Å²) in [6, 6.07) is 16.7. The Morgan fingerprint density at radius 1 is 0.946 bits per heavy atom. The van der Waals surface area contributed by atoms with Crippen LogP contribution < -0.4 is 14.8 Å². The topological polar surface area (TPSA) is 50.7 Å². The zero-order valence-corrected chi connectivity index (χ0v) is 22.2. The molecule has 2 N–H and O–H groups in total. The maximum atomic E-state index is 10.6. The molecule has 4 nitrogen and oxygen atoms in total. The maximum absolute atomic E-state index is 10.6. The van der Waals surface area contributed by atoms with Gasteiger partial charge < -0.3 is 19.9 Å². The molecule has 1 saturated carbocycles. The lowest BCUT2D eigenvalue weighted by Crippen LogP contribution is -2.32. The van der Waals surface area contributed by atoms with Crippen molar-refractivity contribution < 1.29 is 14.6 Å². The van der Waals surface area contributed by atoms with Gasteiger partial charge in [0.25, 0.3) is 0 Å². The first-order chi connectivity index (χ1) is 17.8. The highest BCUT2D eigenvalue weighted by Crippen LogP contribution is 2.54. The van der Waals surface area contributed by atoms with Gasteiger partial charge in [0.15, 0.2) is 11.5 Å². The number of phenolic OH excluding ortho intramolecular Hbond substituents is 1. The van der Waals surface area contributed by atoms with Crippen LogP contribution in [0.2, 0.25) is 0 Å². The van der Waals surface area contributed by atoms with E-state index in [1.165, 1.54) is 43.2 Å². The lowest BCUT2D eigenvalue weighted by molar-refractivity contribution is 0.371. The molecule has 6 rings (SSSR count). The van der Waals surface area contributed by atoms with E-state index in [0.29, 0.717) is 17.4 Å². The Bertz CT molecular complexity index is 1420. The lowest BCUT2D eigenvalue weighted by atomic mass is 9.82. The van der Waals surface area contributed by atoms with E-state index in [1.54, 1.807) is 13.2 Å². The third kappa shape index (κ3) is 4.19. The number of methoxy groups -OCH3 is 1. The van der Waals surface area contributed by atoms with Crippen molar-refractivity contribution in [2.75, 3.05) is 12.4 Å². The molecule has 0 spiro atoms. The number of ether oxygens (including phenoxy) is 2. The second-order valence-corrected chi connectivity index (χ2v) is 11.2. The Labute approximate surface area is 219 Å². The Morgan fingerprint density at radius 3 is 2.43 bits per heavy atom. The number of benzene rings is 3. The van der Waals surface area contributed by atoms with Gasteiger partial charge in [-0.3, -0.25) is 0 Å². The number of hydrogen-bond donors (Lipinski definition) is 2. The summed E-state index contributed by atoms with van der Waals surface area (Å²) in [4.78, 5) is 0. The van der Waals surface area contributed by atoms with Gasteiger partial charge in [0.2, 0.25) is 0 Å². The van der Waals surface area contributed by atoms with Crippen LogP contribution in [0.1, 0.15) is 81.0 Å². The molecule has 2 aliphatic heterocycles. The smallest absolute Gasteiger partial charge is 0.172 e. The third-order valence-corrected chi connectivity index (χ3v) is 7.98. The molecule has 3 aliphatic rings. The van der Waals surface area contributed by atoms with Crippen LogP contribution in [0, 0.1) is 0 Å². The monoisotopic (exact) mass is 493 g/mol. The second kappa shape index (κ2) is 9.02. The molecule has 2 heterocycles. The van der Waals surface area contributed by atoms with E-state index < -0.39 is 0 Å². The van der Waals surface area contributed by atoms with E-state index >= 15 is 0 Å². The van der Waals surface area contributed by atoms with Crippen LogP contribution in [-0.2, 0) is 0 Å². The van der Waals surface area contributed by atoms with Gasteiger partial charge in [-0.1, -0.05) is 55.7 Å². The maximum Gasteiger partial charge on any atom is 0.172 e. The summed E-state index contributed by atoms with van der Waals surface area (Å²) in [5.74, 6) is 2.69. The predicted octanol–water partition coefficient (Wildman–Crippen LogP) is 8.61. The third-order valence-electron chi connectivity index (χ3n) is 7.98. The number of phenols is 1. The van der Waals surface area contributed by atoms with Gasteiger partial charge in [0.1, 0.15) is 11.5 Å². The van der Waals surface area contributed by atoms with Gasteiger partial charge in [-0.2, -0.15) is 0 Å². The minimum absolute atomic E-state index is 0.103. The standard InChI is InChI=1S/C33H35NO3/c1-20-19-33(2,3)34-25-15-14-24-30(29(20)25)28(37-27-17-16-26(35)32(36-4)31(24)27)18-21-10-12-23(13-11-21)22-8-6-5-7-9-22/h10-19,22,34-35H,5-9H2,1-4H3/b28-18-. The largest absolute Gasteiger partial charge is 0.504 e. The first-order valence-corrected chi connectivity index (χ1v) is 13.4. The Kier molecular flexibility index (Phi) is 5.78. The van der Waals surface area contributed by atoms with Crippen molar-refractivity contribution in [3.05, 3.63) is 76.9 Å². The fourth-order valence-electron chi connectivity index (χ4n) is 6.40. The number of rotatable bonds is 3. The average Bonchev–Trinajstić information content (AvgIpc) is 2.89. The fourth-order valence-corrected chi connectivity index (χ4v) is 6.40. The van der Waals surface area contributed by atoms with Crippen molar-refractivity contribution in [3.8, 4) is 28.4 Å². The van der Waals surface area contributed by atoms with E-state index in [4.69, 9.17) is 9.47 Å². The molecule has 0 aromatic heterocycles. The molecule has 0 saturated heterocycles. The average molecular weight is 494 g/mol. The van der Waals surface area contributed by atoms with Crippen molar-refractivity contribution in [1.82, 2.24) is 0 Å². The molecule has 3 aromatic rings. The van der Waals surface area contributed by atoms with Crippen molar-refractivity contribution in [1.29, 1.82) is 0 Å². The normalized spacial score (nSPS) is 19.1. The minimum Gasteiger partial charge on any atom is -0.504 e. The molecule has 1 fully saturated rings. The molecule has 0 amide bonds. The van der Waals surface area contributed by atoms with E-state index in [-0.39, 0.29) is 11.3 Å². The van der Waals surface area contributed by atoms with E-state index in [0.717, 1.165) is 39.3 Å². The van der Waals surface area contributed by atoms with E-state index in [2.05, 4.69) is 74.6 Å². The number of aromatic hydroxyl groups is 1. The summed E-state index contributed by atoms with van der Waals surface area (Å²) < 4.78 is 12.2. The van der Waals surface area contributed by atoms with Gasteiger partial charge in [0, 0.05) is 22.4 Å². The highest BCUT2D eigenvalue weighted by atomic mass is 16.5. The van der Waals surface area contributed by atoms with E-state index in [9.17, 15) is 5.11 Å². The Balaban J connectivity index is 1.51. The highest BCUT2D eigenvalue weighted by molar-refractivity contribution is 6.02. The van der Waals surface area contributed by atoms with Gasteiger partial charge in [-0.05, 0) is 80.5 Å². The molecule has 190 valence electrons. The van der Waals surface area contributed by atoms with Crippen LogP contribution in [0.5, 0.6) is 17.2 Å². The summed E-state index contributed by atoms with van der Waals surface area (Å²) in [5, 5.41) is 14.2. The summed E-state index contributed by atoms with van der Waals surface area (Å²) in [7, 11) is 1.59. The highest BCUT2D eigenvalue weighted by Gasteiger charge is 2.33. The van der Waals surface area contributed by atoms with Crippen molar-refractivity contribution in [3.63, 3.8) is 0 Å². The van der Waals surface area contributed by atoms with Gasteiger partial charge in [-0.25, -0.2) is 0 Å². The molecule has 1 aliphatic carbocycles. The number of allylic oxidation sites excluding steroid dienone is 1. The molecule has 4 heteroatoms. The lowest BCUT2D eigenvalue weighted by Gasteiger charge is -2.35. The predicted molar refractivity (Wildman–Crippen MR) is 152 cm³/mol. The number of fused-ring (bicyclic) bond motifs is 5. The summed E-state index contributed by atoms with van der Waals surface area (Å²) in [6.07, 6.45) is 11.0. The van der Waals surface area contributed by atoms with Crippen molar-refractivity contribution >= 4 is 23.1 Å². The molecule has 0 radical (unpaired) electrons. The molecule has 0 atom stereocenters. The Hall–Kier alpha value is -3.66. The van der Waals surface area contributed by atoms with Crippen molar-refractivity contribution in [2.45, 2.75) is 64.3 Å². The molecular formula is C33H35NO3. The molecule has 3 aromatic carbocycles. The summed E-state index contributed by atoms with van der Waals surface area (Å²) in [5.41, 5.74) is 8.59. The number of hydrogen-bond acceptors (Lipinski definition) is 4. The molecule has 37 heavy (non-hydrogen) atoms. The summed E-state index contributed by atoms with van der Waals surface area (Å²) in [6.45, 7) is 6.51. The van der Waals surface area contributed by atoms with Crippen LogP contribution in [-0.4, -0.2) is 17.8 Å². The van der Waals surface area contributed by atoms with Gasteiger partial charge in [0.05, 0.1) is 18.2 Å². The first-order valence-electron chi connectivity index (χ1n) is 13.4. The fraction of sp³-hybridized carbons (Fsp3) is 0.333. The number of anilines is 1. The second-order valence-electron chi connectivity index (χ2n) is 11.2. The van der Waals surface area contributed by atoms with Crippen molar-refractivity contribution in [2.24, 2.45) is 0 Å². The zero-order valence-electron chi connectivity index (χ0n) is 22.2. The van der Waals surface area contributed by atoms with Crippen LogP contribution in [0.25, 0.3) is 28.5 Å². The Morgan fingerprint density at radius 2 is 1.70 bits per heavy atom. The zero-order chi connectivity index (χ0) is 25.7.